The molecule has 0 saturated carbocycles. The lowest BCUT2D eigenvalue weighted by Crippen LogP contribution is -2.39. The topological polar surface area (TPSA) is 116 Å². The number of imide groups is 1. The molecule has 0 saturated heterocycles. The van der Waals surface area contributed by atoms with Crippen LogP contribution in [0, 0.1) is 0 Å². The first-order valence-corrected chi connectivity index (χ1v) is 9.55. The SMILES string of the molecule is CC(C)OCCCn1c(SC(C)C(=O)NC(N)=O)nc2ccccc2c1=O. The number of primary amides is 1. The number of nitrogens with two attached hydrogens (primary N) is 1. The summed E-state index contributed by atoms with van der Waals surface area (Å²) in [4.78, 5) is 40.3. The first-order chi connectivity index (χ1) is 12.8. The number of aromatic nitrogens is 2. The van der Waals surface area contributed by atoms with E-state index >= 15 is 0 Å². The van der Waals surface area contributed by atoms with Crippen LogP contribution in [0.15, 0.2) is 34.2 Å². The van der Waals surface area contributed by atoms with E-state index in [-0.39, 0.29) is 11.7 Å². The number of carbonyl (C=O) groups excluding carboxylic acids is 2. The summed E-state index contributed by atoms with van der Waals surface area (Å²) in [6, 6.07) is 6.15. The van der Waals surface area contributed by atoms with Crippen molar-refractivity contribution in [3.63, 3.8) is 0 Å². The number of amides is 3. The largest absolute Gasteiger partial charge is 0.379 e. The van der Waals surface area contributed by atoms with Gasteiger partial charge in [0.15, 0.2) is 5.16 Å². The highest BCUT2D eigenvalue weighted by Crippen LogP contribution is 2.23. The van der Waals surface area contributed by atoms with Gasteiger partial charge in [-0.1, -0.05) is 23.9 Å². The molecule has 1 unspecified atom stereocenters. The molecular weight excluding hydrogens is 368 g/mol. The van der Waals surface area contributed by atoms with Gasteiger partial charge in [0.1, 0.15) is 0 Å². The summed E-state index contributed by atoms with van der Waals surface area (Å²) in [6.45, 7) is 6.44. The second-order valence-corrected chi connectivity index (χ2v) is 7.56. The molecule has 0 spiro atoms. The van der Waals surface area contributed by atoms with Crippen molar-refractivity contribution in [1.29, 1.82) is 0 Å². The number of thioether (sulfide) groups is 1. The Kier molecular flexibility index (Phi) is 7.37. The Morgan fingerprint density at radius 3 is 2.67 bits per heavy atom. The molecule has 8 nitrogen and oxygen atoms in total. The van der Waals surface area contributed by atoms with Gasteiger partial charge in [-0.3, -0.25) is 19.5 Å². The lowest BCUT2D eigenvalue weighted by Gasteiger charge is -2.16. The van der Waals surface area contributed by atoms with E-state index < -0.39 is 17.2 Å². The van der Waals surface area contributed by atoms with Gasteiger partial charge in [-0.05, 0) is 39.3 Å². The monoisotopic (exact) mass is 392 g/mol. The number of hydrogen-bond acceptors (Lipinski definition) is 6. The molecule has 2 aromatic rings. The molecule has 146 valence electrons. The Morgan fingerprint density at radius 1 is 1.30 bits per heavy atom. The standard InChI is InChI=1S/C18H24N4O4S/c1-11(2)26-10-6-9-22-16(24)13-7-4-5-8-14(13)20-18(22)27-12(3)15(23)21-17(19)25/h4-5,7-8,11-12H,6,9-10H2,1-3H3,(H3,19,21,23,25). The van der Waals surface area contributed by atoms with Crippen LogP contribution in [0.4, 0.5) is 4.79 Å². The van der Waals surface area contributed by atoms with Gasteiger partial charge >= 0.3 is 6.03 Å². The van der Waals surface area contributed by atoms with E-state index in [2.05, 4.69) is 4.98 Å². The fourth-order valence-electron chi connectivity index (χ4n) is 2.41. The van der Waals surface area contributed by atoms with E-state index in [9.17, 15) is 14.4 Å². The van der Waals surface area contributed by atoms with Crippen LogP contribution in [-0.2, 0) is 16.1 Å². The lowest BCUT2D eigenvalue weighted by molar-refractivity contribution is -0.119. The number of fused-ring (bicyclic) bond motifs is 1. The Hall–Kier alpha value is -2.39. The summed E-state index contributed by atoms with van der Waals surface area (Å²) in [6.07, 6.45) is 0.746. The Labute approximate surface area is 161 Å². The van der Waals surface area contributed by atoms with Crippen LogP contribution in [0.5, 0.6) is 0 Å². The zero-order chi connectivity index (χ0) is 20.0. The van der Waals surface area contributed by atoms with Crippen LogP contribution < -0.4 is 16.6 Å². The highest BCUT2D eigenvalue weighted by atomic mass is 32.2. The summed E-state index contributed by atoms with van der Waals surface area (Å²) in [5, 5.41) is 2.32. The highest BCUT2D eigenvalue weighted by Gasteiger charge is 2.20. The van der Waals surface area contributed by atoms with Gasteiger partial charge in [-0.15, -0.1) is 0 Å². The molecule has 0 aliphatic heterocycles. The van der Waals surface area contributed by atoms with Gasteiger partial charge < -0.3 is 10.5 Å². The average Bonchev–Trinajstić information content (AvgIpc) is 2.60. The Bertz CT molecular complexity index is 881. The quantitative estimate of drug-likeness (QED) is 0.403. The third kappa shape index (κ3) is 5.80. The number of nitrogens with one attached hydrogen (secondary N) is 1. The van der Waals surface area contributed by atoms with Gasteiger partial charge in [-0.25, -0.2) is 9.78 Å². The van der Waals surface area contributed by atoms with Crippen LogP contribution in [0.3, 0.4) is 0 Å². The van der Waals surface area contributed by atoms with Crippen molar-refractivity contribution in [1.82, 2.24) is 14.9 Å². The number of rotatable bonds is 8. The zero-order valence-corrected chi connectivity index (χ0v) is 16.4. The molecule has 1 aromatic heterocycles. The fraction of sp³-hybridized carbons (Fsp3) is 0.444. The predicted molar refractivity (Wildman–Crippen MR) is 105 cm³/mol. The van der Waals surface area contributed by atoms with Crippen molar-refractivity contribution in [2.24, 2.45) is 5.73 Å². The number of urea groups is 1. The van der Waals surface area contributed by atoms with E-state index in [0.717, 1.165) is 11.8 Å². The molecule has 1 aromatic carbocycles. The molecule has 0 fully saturated rings. The van der Waals surface area contributed by atoms with Crippen molar-refractivity contribution >= 4 is 34.6 Å². The van der Waals surface area contributed by atoms with Crippen LogP contribution in [0.1, 0.15) is 27.2 Å². The average molecular weight is 392 g/mol. The van der Waals surface area contributed by atoms with Crippen molar-refractivity contribution in [2.75, 3.05) is 6.61 Å². The molecule has 0 aliphatic carbocycles. The third-order valence-electron chi connectivity index (χ3n) is 3.70. The van der Waals surface area contributed by atoms with Crippen LogP contribution in [0.2, 0.25) is 0 Å². The summed E-state index contributed by atoms with van der Waals surface area (Å²) in [5.41, 5.74) is 5.38. The number of para-hydroxylation sites is 1. The minimum Gasteiger partial charge on any atom is -0.379 e. The Balaban J connectivity index is 2.31. The lowest BCUT2D eigenvalue weighted by atomic mass is 10.2. The molecule has 9 heteroatoms. The molecule has 3 N–H and O–H groups in total. The molecule has 27 heavy (non-hydrogen) atoms. The summed E-state index contributed by atoms with van der Waals surface area (Å²) in [5.74, 6) is -0.537. The molecule has 0 radical (unpaired) electrons. The first kappa shape index (κ1) is 20.9. The number of hydrogen-bond donors (Lipinski definition) is 2. The zero-order valence-electron chi connectivity index (χ0n) is 15.6. The van der Waals surface area contributed by atoms with E-state index in [1.54, 1.807) is 35.8 Å². The van der Waals surface area contributed by atoms with Crippen LogP contribution in [0.25, 0.3) is 10.9 Å². The molecule has 1 atom stereocenters. The van der Waals surface area contributed by atoms with Crippen molar-refractivity contribution in [3.05, 3.63) is 34.6 Å². The van der Waals surface area contributed by atoms with E-state index in [4.69, 9.17) is 10.5 Å². The first-order valence-electron chi connectivity index (χ1n) is 8.67. The smallest absolute Gasteiger partial charge is 0.318 e. The molecule has 3 amide bonds. The van der Waals surface area contributed by atoms with Gasteiger partial charge in [0.25, 0.3) is 5.56 Å². The Morgan fingerprint density at radius 2 is 2.00 bits per heavy atom. The number of ether oxygens (including phenoxy) is 1. The maximum atomic E-state index is 12.9. The normalized spacial score (nSPS) is 12.3. The van der Waals surface area contributed by atoms with Gasteiger partial charge in [0, 0.05) is 13.2 Å². The maximum absolute atomic E-state index is 12.9. The van der Waals surface area contributed by atoms with Crippen LogP contribution in [-0.4, -0.2) is 39.5 Å². The molecule has 0 aliphatic rings. The minimum atomic E-state index is -0.915. The van der Waals surface area contributed by atoms with Crippen molar-refractivity contribution < 1.29 is 14.3 Å². The number of benzene rings is 1. The van der Waals surface area contributed by atoms with Crippen molar-refractivity contribution in [3.8, 4) is 0 Å². The van der Waals surface area contributed by atoms with Gasteiger partial charge in [0.2, 0.25) is 5.91 Å². The third-order valence-corrected chi connectivity index (χ3v) is 4.79. The fourth-order valence-corrected chi connectivity index (χ4v) is 3.35. The predicted octanol–water partition coefficient (Wildman–Crippen LogP) is 1.89. The second kappa shape index (κ2) is 9.52. The van der Waals surface area contributed by atoms with E-state index in [1.807, 2.05) is 19.2 Å². The summed E-state index contributed by atoms with van der Waals surface area (Å²) in [7, 11) is 0. The second-order valence-electron chi connectivity index (χ2n) is 6.25. The number of nitrogens with zero attached hydrogens (tertiary/aromatic N) is 2. The molecular formula is C18H24N4O4S. The molecule has 0 bridgehead atoms. The summed E-state index contributed by atoms with van der Waals surface area (Å²) >= 11 is 1.10. The van der Waals surface area contributed by atoms with E-state index in [1.165, 1.54) is 0 Å². The minimum absolute atomic E-state index is 0.114. The highest BCUT2D eigenvalue weighted by molar-refractivity contribution is 8.00. The van der Waals surface area contributed by atoms with Crippen LogP contribution >= 0.6 is 11.8 Å². The number of carbonyl (C=O) groups is 2. The van der Waals surface area contributed by atoms with Crippen molar-refractivity contribution in [2.45, 2.75) is 50.2 Å². The molecule has 2 rings (SSSR count). The molecule has 1 heterocycles. The van der Waals surface area contributed by atoms with Gasteiger partial charge in [-0.2, -0.15) is 0 Å². The summed E-state index contributed by atoms with van der Waals surface area (Å²) < 4.78 is 7.08. The van der Waals surface area contributed by atoms with Gasteiger partial charge in [0.05, 0.1) is 22.3 Å². The van der Waals surface area contributed by atoms with E-state index in [0.29, 0.717) is 35.6 Å². The maximum Gasteiger partial charge on any atom is 0.318 e.